The molecule has 0 spiro atoms. The molecule has 0 unspecified atom stereocenters. The van der Waals surface area contributed by atoms with Crippen LogP contribution in [0.3, 0.4) is 0 Å². The number of rotatable bonds is 4. The van der Waals surface area contributed by atoms with Crippen molar-refractivity contribution in [1.82, 2.24) is 14.3 Å². The van der Waals surface area contributed by atoms with Crippen molar-refractivity contribution < 1.29 is 5.11 Å². The largest absolute Gasteiger partial charge is 0.508 e. The Morgan fingerprint density at radius 1 is 1.08 bits per heavy atom. The molecule has 1 saturated heterocycles. The van der Waals surface area contributed by atoms with Gasteiger partial charge in [0.15, 0.2) is 0 Å². The van der Waals surface area contributed by atoms with E-state index < -0.39 is 0 Å². The first-order valence-electron chi connectivity index (χ1n) is 8.70. The van der Waals surface area contributed by atoms with Gasteiger partial charge in [-0.1, -0.05) is 12.1 Å². The van der Waals surface area contributed by atoms with Crippen LogP contribution < -0.4 is 0 Å². The third-order valence-electron chi connectivity index (χ3n) is 5.05. The van der Waals surface area contributed by atoms with E-state index in [1.807, 2.05) is 12.1 Å². The van der Waals surface area contributed by atoms with E-state index in [4.69, 9.17) is 4.98 Å². The highest BCUT2D eigenvalue weighted by atomic mass is 16.3. The maximum atomic E-state index is 9.43. The van der Waals surface area contributed by atoms with E-state index in [0.717, 1.165) is 35.4 Å². The fourth-order valence-corrected chi connectivity index (χ4v) is 3.57. The van der Waals surface area contributed by atoms with Gasteiger partial charge < -0.3 is 14.4 Å². The van der Waals surface area contributed by atoms with Gasteiger partial charge in [-0.05, 0) is 61.7 Å². The molecule has 3 heterocycles. The van der Waals surface area contributed by atoms with Crippen molar-refractivity contribution in [2.24, 2.45) is 0 Å². The first-order chi connectivity index (χ1) is 11.7. The van der Waals surface area contributed by atoms with E-state index in [-0.39, 0.29) is 0 Å². The Balaban J connectivity index is 1.53. The molecule has 4 rings (SSSR count). The van der Waals surface area contributed by atoms with Crippen LogP contribution in [-0.4, -0.2) is 38.5 Å². The van der Waals surface area contributed by atoms with Crippen molar-refractivity contribution in [3.8, 4) is 16.9 Å². The molecule has 3 aromatic rings. The van der Waals surface area contributed by atoms with Crippen LogP contribution in [0.5, 0.6) is 5.75 Å². The van der Waals surface area contributed by atoms with Gasteiger partial charge in [0.2, 0.25) is 0 Å². The number of imidazole rings is 1. The standard InChI is InChI=1S/C20H23N3O/c1-15-3-2-11-22(15)12-10-18-14-23-13-17(6-9-20(23)21-18)16-4-7-19(24)8-5-16/h4-9,13-15,24H,2-3,10-12H2,1H3/t15-/m1/s1. The van der Waals surface area contributed by atoms with Crippen molar-refractivity contribution in [1.29, 1.82) is 0 Å². The van der Waals surface area contributed by atoms with Gasteiger partial charge in [0.1, 0.15) is 11.4 Å². The highest BCUT2D eigenvalue weighted by Crippen LogP contribution is 2.23. The lowest BCUT2D eigenvalue weighted by molar-refractivity contribution is 0.271. The van der Waals surface area contributed by atoms with Gasteiger partial charge >= 0.3 is 0 Å². The molecule has 1 aromatic carbocycles. The SMILES string of the molecule is C[C@@H]1CCCN1CCc1cn2cc(-c3ccc(O)cc3)ccc2n1. The van der Waals surface area contributed by atoms with Gasteiger partial charge in [-0.25, -0.2) is 4.98 Å². The average molecular weight is 321 g/mol. The van der Waals surface area contributed by atoms with Crippen LogP contribution >= 0.6 is 0 Å². The summed E-state index contributed by atoms with van der Waals surface area (Å²) in [5, 5.41) is 9.43. The minimum absolute atomic E-state index is 0.292. The first-order valence-corrected chi connectivity index (χ1v) is 8.70. The maximum Gasteiger partial charge on any atom is 0.137 e. The minimum Gasteiger partial charge on any atom is -0.508 e. The van der Waals surface area contributed by atoms with E-state index in [1.165, 1.54) is 19.4 Å². The molecule has 24 heavy (non-hydrogen) atoms. The molecule has 0 radical (unpaired) electrons. The lowest BCUT2D eigenvalue weighted by Crippen LogP contribution is -2.29. The van der Waals surface area contributed by atoms with Crippen molar-refractivity contribution in [3.63, 3.8) is 0 Å². The van der Waals surface area contributed by atoms with Crippen molar-refractivity contribution in [3.05, 3.63) is 54.5 Å². The predicted molar refractivity (Wildman–Crippen MR) is 96.3 cm³/mol. The lowest BCUT2D eigenvalue weighted by atomic mass is 10.1. The molecule has 1 fully saturated rings. The Morgan fingerprint density at radius 3 is 2.62 bits per heavy atom. The van der Waals surface area contributed by atoms with Gasteiger partial charge in [-0.2, -0.15) is 0 Å². The van der Waals surface area contributed by atoms with Crippen molar-refractivity contribution in [2.45, 2.75) is 32.2 Å². The second-order valence-corrected chi connectivity index (χ2v) is 6.74. The summed E-state index contributed by atoms with van der Waals surface area (Å²) in [6.45, 7) is 4.63. The molecule has 1 N–H and O–H groups in total. The second kappa shape index (κ2) is 6.29. The molecule has 0 bridgehead atoms. The van der Waals surface area contributed by atoms with E-state index >= 15 is 0 Å². The molecule has 2 aromatic heterocycles. The molecular formula is C20H23N3O. The van der Waals surface area contributed by atoms with Gasteiger partial charge in [0.05, 0.1) is 5.69 Å². The summed E-state index contributed by atoms with van der Waals surface area (Å²) in [4.78, 5) is 7.31. The Hall–Kier alpha value is -2.33. The van der Waals surface area contributed by atoms with Crippen LogP contribution in [0.4, 0.5) is 0 Å². The quantitative estimate of drug-likeness (QED) is 0.796. The number of likely N-dealkylation sites (tertiary alicyclic amines) is 1. The van der Waals surface area contributed by atoms with Crippen molar-refractivity contribution >= 4 is 5.65 Å². The molecule has 0 amide bonds. The third-order valence-corrected chi connectivity index (χ3v) is 5.05. The summed E-state index contributed by atoms with van der Waals surface area (Å²) in [5.41, 5.74) is 4.36. The van der Waals surface area contributed by atoms with Crippen LogP contribution in [-0.2, 0) is 6.42 Å². The Labute approximate surface area is 142 Å². The molecule has 4 heteroatoms. The monoisotopic (exact) mass is 321 g/mol. The van der Waals surface area contributed by atoms with E-state index in [9.17, 15) is 5.11 Å². The summed E-state index contributed by atoms with van der Waals surface area (Å²) in [7, 11) is 0. The molecule has 1 aliphatic heterocycles. The smallest absolute Gasteiger partial charge is 0.137 e. The van der Waals surface area contributed by atoms with Crippen LogP contribution in [0.25, 0.3) is 16.8 Å². The number of aromatic nitrogens is 2. The summed E-state index contributed by atoms with van der Waals surface area (Å²) in [6.07, 6.45) is 7.89. The summed E-state index contributed by atoms with van der Waals surface area (Å²) >= 11 is 0. The highest BCUT2D eigenvalue weighted by Gasteiger charge is 2.19. The lowest BCUT2D eigenvalue weighted by Gasteiger charge is -2.19. The number of phenolic OH excluding ortho intramolecular Hbond substituents is 1. The predicted octanol–water partition coefficient (Wildman–Crippen LogP) is 3.73. The van der Waals surface area contributed by atoms with Crippen LogP contribution in [0.2, 0.25) is 0 Å². The molecular weight excluding hydrogens is 298 g/mol. The number of hydrogen-bond donors (Lipinski definition) is 1. The Morgan fingerprint density at radius 2 is 1.88 bits per heavy atom. The van der Waals surface area contributed by atoms with Crippen molar-refractivity contribution in [2.75, 3.05) is 13.1 Å². The topological polar surface area (TPSA) is 40.8 Å². The molecule has 4 nitrogen and oxygen atoms in total. The number of nitrogens with zero attached hydrogens (tertiary/aromatic N) is 3. The summed E-state index contributed by atoms with van der Waals surface area (Å²) < 4.78 is 2.10. The highest BCUT2D eigenvalue weighted by molar-refractivity contribution is 5.65. The summed E-state index contributed by atoms with van der Waals surface area (Å²) in [6, 6.07) is 12.2. The minimum atomic E-state index is 0.292. The Bertz CT molecular complexity index is 838. The first kappa shape index (κ1) is 15.2. The number of fused-ring (bicyclic) bond motifs is 1. The van der Waals surface area contributed by atoms with Crippen LogP contribution in [0.1, 0.15) is 25.5 Å². The van der Waals surface area contributed by atoms with Gasteiger partial charge in [-0.3, -0.25) is 0 Å². The molecule has 1 aliphatic rings. The van der Waals surface area contributed by atoms with Gasteiger partial charge in [0.25, 0.3) is 0 Å². The average Bonchev–Trinajstić information content (AvgIpc) is 3.18. The maximum absolute atomic E-state index is 9.43. The second-order valence-electron chi connectivity index (χ2n) is 6.74. The Kier molecular flexibility index (Phi) is 3.98. The van der Waals surface area contributed by atoms with Crippen LogP contribution in [0.15, 0.2) is 48.8 Å². The normalized spacial score (nSPS) is 18.5. The fraction of sp³-hybridized carbons (Fsp3) is 0.350. The van der Waals surface area contributed by atoms with E-state index in [0.29, 0.717) is 11.8 Å². The zero-order valence-electron chi connectivity index (χ0n) is 14.0. The molecule has 0 saturated carbocycles. The molecule has 124 valence electrons. The molecule has 0 aliphatic carbocycles. The molecule has 1 atom stereocenters. The number of hydrogen-bond acceptors (Lipinski definition) is 3. The van der Waals surface area contributed by atoms with Gasteiger partial charge in [-0.15, -0.1) is 0 Å². The number of pyridine rings is 1. The van der Waals surface area contributed by atoms with Gasteiger partial charge in [0, 0.05) is 31.4 Å². The number of aromatic hydroxyl groups is 1. The third kappa shape index (κ3) is 3.02. The zero-order chi connectivity index (χ0) is 16.5. The zero-order valence-corrected chi connectivity index (χ0v) is 14.0. The van der Waals surface area contributed by atoms with E-state index in [2.05, 4.69) is 40.8 Å². The number of benzene rings is 1. The number of phenols is 1. The van der Waals surface area contributed by atoms with E-state index in [1.54, 1.807) is 12.1 Å². The fourth-order valence-electron chi connectivity index (χ4n) is 3.57. The summed E-state index contributed by atoms with van der Waals surface area (Å²) in [5.74, 6) is 0.292. The van der Waals surface area contributed by atoms with Crippen LogP contribution in [0, 0.1) is 0 Å².